The number of hydrogen-bond acceptors (Lipinski definition) is 4. The van der Waals surface area contributed by atoms with Crippen molar-refractivity contribution in [2.45, 2.75) is 38.9 Å². The molecule has 1 aromatic heterocycles. The quantitative estimate of drug-likeness (QED) is 0.596. The SMILES string of the molecule is C=CNc1sc(CN2CCNC2=O)c(C)c1C(=C)N(CC1CCC1)CC(F)(F)F. The second-order valence-electron chi connectivity index (χ2n) is 7.60. The van der Waals surface area contributed by atoms with E-state index in [1.54, 1.807) is 4.90 Å². The lowest BCUT2D eigenvalue weighted by molar-refractivity contribution is -0.140. The van der Waals surface area contributed by atoms with E-state index in [0.29, 0.717) is 42.4 Å². The molecule has 9 heteroatoms. The molecule has 2 fully saturated rings. The molecular weight excluding hydrogens is 401 g/mol. The molecule has 3 rings (SSSR count). The van der Waals surface area contributed by atoms with Gasteiger partial charge in [-0.25, -0.2) is 4.79 Å². The molecule has 0 atom stereocenters. The molecule has 0 spiro atoms. The molecule has 160 valence electrons. The zero-order valence-electron chi connectivity index (χ0n) is 16.6. The fourth-order valence-electron chi connectivity index (χ4n) is 3.72. The van der Waals surface area contributed by atoms with Crippen LogP contribution >= 0.6 is 11.3 Å². The summed E-state index contributed by atoms with van der Waals surface area (Å²) in [5.41, 5.74) is 1.89. The molecular formula is C20H27F3N4OS. The number of hydrogen-bond donors (Lipinski definition) is 2. The number of rotatable bonds is 9. The first-order valence-electron chi connectivity index (χ1n) is 9.73. The Hall–Kier alpha value is -2.16. The van der Waals surface area contributed by atoms with Crippen LogP contribution in [0.25, 0.3) is 5.70 Å². The van der Waals surface area contributed by atoms with E-state index in [9.17, 15) is 18.0 Å². The van der Waals surface area contributed by atoms with E-state index in [4.69, 9.17) is 0 Å². The molecule has 0 bridgehead atoms. The summed E-state index contributed by atoms with van der Waals surface area (Å²) >= 11 is 1.43. The molecule has 0 radical (unpaired) electrons. The van der Waals surface area contributed by atoms with E-state index in [2.05, 4.69) is 23.8 Å². The third kappa shape index (κ3) is 5.07. The summed E-state index contributed by atoms with van der Waals surface area (Å²) in [5, 5.41) is 6.52. The van der Waals surface area contributed by atoms with Crippen LogP contribution in [0.4, 0.5) is 23.0 Å². The minimum atomic E-state index is -4.31. The van der Waals surface area contributed by atoms with Gasteiger partial charge in [0, 0.05) is 35.8 Å². The van der Waals surface area contributed by atoms with Gasteiger partial charge in [0.1, 0.15) is 11.5 Å². The first-order chi connectivity index (χ1) is 13.7. The van der Waals surface area contributed by atoms with Gasteiger partial charge >= 0.3 is 12.2 Å². The number of halogens is 3. The number of nitrogens with zero attached hydrogens (tertiary/aromatic N) is 2. The average molecular weight is 429 g/mol. The van der Waals surface area contributed by atoms with Gasteiger partial charge in [0.2, 0.25) is 0 Å². The molecule has 1 aliphatic carbocycles. The van der Waals surface area contributed by atoms with Crippen LogP contribution in [0.1, 0.15) is 35.3 Å². The monoisotopic (exact) mass is 428 g/mol. The number of carbonyl (C=O) groups excluding carboxylic acids is 1. The maximum Gasteiger partial charge on any atom is 0.405 e. The van der Waals surface area contributed by atoms with Crippen LogP contribution in [0, 0.1) is 12.8 Å². The van der Waals surface area contributed by atoms with E-state index < -0.39 is 12.7 Å². The number of urea groups is 1. The van der Waals surface area contributed by atoms with E-state index in [1.165, 1.54) is 22.4 Å². The van der Waals surface area contributed by atoms with Crippen molar-refractivity contribution >= 4 is 28.1 Å². The highest BCUT2D eigenvalue weighted by Crippen LogP contribution is 2.41. The van der Waals surface area contributed by atoms with Crippen molar-refractivity contribution in [3.63, 3.8) is 0 Å². The number of thiophene rings is 1. The third-order valence-electron chi connectivity index (χ3n) is 5.50. The number of nitrogens with one attached hydrogen (secondary N) is 2. The zero-order chi connectivity index (χ0) is 21.2. The van der Waals surface area contributed by atoms with Crippen LogP contribution in [-0.4, -0.2) is 48.2 Å². The molecule has 1 saturated heterocycles. The molecule has 2 heterocycles. The van der Waals surface area contributed by atoms with Crippen LogP contribution in [0.2, 0.25) is 0 Å². The van der Waals surface area contributed by atoms with E-state index in [1.807, 2.05) is 6.92 Å². The Balaban J connectivity index is 1.89. The van der Waals surface area contributed by atoms with Gasteiger partial charge in [-0.1, -0.05) is 19.6 Å². The lowest BCUT2D eigenvalue weighted by atomic mass is 9.85. The largest absolute Gasteiger partial charge is 0.405 e. The van der Waals surface area contributed by atoms with Gasteiger partial charge in [0.25, 0.3) is 0 Å². The van der Waals surface area contributed by atoms with Gasteiger partial charge in [0.15, 0.2) is 0 Å². The summed E-state index contributed by atoms with van der Waals surface area (Å²) in [7, 11) is 0. The number of alkyl halides is 3. The van der Waals surface area contributed by atoms with Crippen LogP contribution in [0.15, 0.2) is 19.4 Å². The summed E-state index contributed by atoms with van der Waals surface area (Å²) in [6.07, 6.45) is 0.183. The highest BCUT2D eigenvalue weighted by atomic mass is 32.1. The molecule has 0 unspecified atom stereocenters. The van der Waals surface area contributed by atoms with Gasteiger partial charge in [-0.05, 0) is 37.4 Å². The van der Waals surface area contributed by atoms with Crippen LogP contribution < -0.4 is 10.6 Å². The molecule has 1 aromatic rings. The van der Waals surface area contributed by atoms with Crippen molar-refractivity contribution in [3.05, 3.63) is 35.4 Å². The van der Waals surface area contributed by atoms with Crippen molar-refractivity contribution in [2.24, 2.45) is 5.92 Å². The normalized spacial score (nSPS) is 17.1. The Morgan fingerprint density at radius 3 is 2.69 bits per heavy atom. The molecule has 29 heavy (non-hydrogen) atoms. The second-order valence-corrected chi connectivity index (χ2v) is 8.70. The Morgan fingerprint density at radius 1 is 1.45 bits per heavy atom. The molecule has 1 aliphatic heterocycles. The van der Waals surface area contributed by atoms with E-state index >= 15 is 0 Å². The van der Waals surface area contributed by atoms with E-state index in [0.717, 1.165) is 29.7 Å². The lowest BCUT2D eigenvalue weighted by Crippen LogP contribution is -2.38. The number of anilines is 1. The summed E-state index contributed by atoms with van der Waals surface area (Å²) in [5.74, 6) is 0.275. The van der Waals surface area contributed by atoms with E-state index in [-0.39, 0.29) is 11.9 Å². The maximum atomic E-state index is 13.3. The highest BCUT2D eigenvalue weighted by molar-refractivity contribution is 7.16. The van der Waals surface area contributed by atoms with Gasteiger partial charge < -0.3 is 20.4 Å². The van der Waals surface area contributed by atoms with Gasteiger partial charge in [-0.2, -0.15) is 13.2 Å². The number of carbonyl (C=O) groups is 1. The van der Waals surface area contributed by atoms with Crippen molar-refractivity contribution < 1.29 is 18.0 Å². The smallest absolute Gasteiger partial charge is 0.362 e. The van der Waals surface area contributed by atoms with Crippen molar-refractivity contribution in [3.8, 4) is 0 Å². The Labute approximate surface area is 173 Å². The summed E-state index contributed by atoms with van der Waals surface area (Å²) in [6.45, 7) is 10.6. The molecule has 2 aliphatic rings. The minimum Gasteiger partial charge on any atom is -0.362 e. The summed E-state index contributed by atoms with van der Waals surface area (Å²) in [4.78, 5) is 15.9. The molecule has 1 saturated carbocycles. The topological polar surface area (TPSA) is 47.6 Å². The predicted molar refractivity (Wildman–Crippen MR) is 111 cm³/mol. The zero-order valence-corrected chi connectivity index (χ0v) is 17.4. The Bertz CT molecular complexity index is 785. The van der Waals surface area contributed by atoms with Crippen molar-refractivity contribution in [1.82, 2.24) is 15.1 Å². The molecule has 0 aromatic carbocycles. The first-order valence-corrected chi connectivity index (χ1v) is 10.5. The van der Waals surface area contributed by atoms with Gasteiger partial charge in [-0.15, -0.1) is 11.3 Å². The Morgan fingerprint density at radius 2 is 2.17 bits per heavy atom. The Kier molecular flexibility index (Phi) is 6.45. The second kappa shape index (κ2) is 8.69. The number of amides is 2. The summed E-state index contributed by atoms with van der Waals surface area (Å²) < 4.78 is 39.8. The first kappa shape index (κ1) is 21.5. The molecule has 2 N–H and O–H groups in total. The predicted octanol–water partition coefficient (Wildman–Crippen LogP) is 4.77. The minimum absolute atomic E-state index is 0.125. The standard InChI is InChI=1S/C20H27F3N4OS/c1-4-24-18-17(13(2)16(29-18)11-26-9-8-25-19(26)28)14(3)27(12-20(21,22)23)10-15-6-5-7-15/h4,15,24H,1,3,5-12H2,2H3,(H,25,28). The van der Waals surface area contributed by atoms with Gasteiger partial charge in [-0.3, -0.25) is 0 Å². The average Bonchev–Trinajstić information content (AvgIpc) is 3.13. The fraction of sp³-hybridized carbons (Fsp3) is 0.550. The maximum absolute atomic E-state index is 13.3. The van der Waals surface area contributed by atoms with Crippen molar-refractivity contribution in [2.75, 3.05) is 31.5 Å². The molecule has 2 amide bonds. The highest BCUT2D eigenvalue weighted by Gasteiger charge is 2.35. The van der Waals surface area contributed by atoms with Crippen molar-refractivity contribution in [1.29, 1.82) is 0 Å². The lowest BCUT2D eigenvalue weighted by Gasteiger charge is -2.35. The van der Waals surface area contributed by atoms with Crippen LogP contribution in [0.5, 0.6) is 0 Å². The van der Waals surface area contributed by atoms with Gasteiger partial charge in [0.05, 0.1) is 6.54 Å². The molecule has 5 nitrogen and oxygen atoms in total. The van der Waals surface area contributed by atoms with Crippen LogP contribution in [0.3, 0.4) is 0 Å². The third-order valence-corrected chi connectivity index (χ3v) is 6.71. The fourth-order valence-corrected chi connectivity index (χ4v) is 4.96. The summed E-state index contributed by atoms with van der Waals surface area (Å²) in [6, 6.07) is -0.125. The van der Waals surface area contributed by atoms with Crippen LogP contribution in [-0.2, 0) is 6.54 Å².